The maximum Gasteiger partial charge on any atom is 0.230 e. The molecule has 6 heteroatoms. The molecular formula is C17H34N4OS. The Kier molecular flexibility index (Phi) is 7.71. The highest BCUT2D eigenvalue weighted by molar-refractivity contribution is 7.99. The lowest BCUT2D eigenvalue weighted by Gasteiger charge is -2.31. The smallest absolute Gasteiger partial charge is 0.230 e. The average molecular weight is 343 g/mol. The van der Waals surface area contributed by atoms with Crippen molar-refractivity contribution in [2.75, 3.05) is 40.0 Å². The number of rotatable bonds is 7. The Morgan fingerprint density at radius 2 is 1.87 bits per heavy atom. The second kappa shape index (κ2) is 8.81. The number of guanidine groups is 1. The van der Waals surface area contributed by atoms with E-state index in [0.29, 0.717) is 6.54 Å². The van der Waals surface area contributed by atoms with E-state index in [-0.39, 0.29) is 16.1 Å². The van der Waals surface area contributed by atoms with E-state index in [9.17, 15) is 4.79 Å². The molecule has 1 aliphatic carbocycles. The molecule has 0 bridgehead atoms. The minimum absolute atomic E-state index is 0.118. The number of carbonyl (C=O) groups is 1. The number of nitrogens with one attached hydrogen (secondary N) is 2. The minimum atomic E-state index is -0.269. The predicted molar refractivity (Wildman–Crippen MR) is 101 cm³/mol. The quantitative estimate of drug-likeness (QED) is 0.551. The molecule has 0 aromatic carbocycles. The molecule has 134 valence electrons. The summed E-state index contributed by atoms with van der Waals surface area (Å²) in [6.45, 7) is 8.68. The van der Waals surface area contributed by atoms with Crippen LogP contribution in [0, 0.1) is 5.41 Å². The van der Waals surface area contributed by atoms with Gasteiger partial charge in [0.05, 0.1) is 12.0 Å². The number of aliphatic imine (C=N–C) groups is 1. The third-order valence-corrected chi connectivity index (χ3v) is 5.76. The molecule has 0 aromatic rings. The fraction of sp³-hybridized carbons (Fsp3) is 0.882. The zero-order chi connectivity index (χ0) is 17.5. The molecule has 0 saturated heterocycles. The lowest BCUT2D eigenvalue weighted by molar-refractivity contribution is -0.138. The van der Waals surface area contributed by atoms with Gasteiger partial charge in [-0.15, -0.1) is 0 Å². The first-order valence-corrected chi connectivity index (χ1v) is 9.78. The van der Waals surface area contributed by atoms with Gasteiger partial charge in [0.25, 0.3) is 0 Å². The summed E-state index contributed by atoms with van der Waals surface area (Å²) in [5.41, 5.74) is -0.269. The highest BCUT2D eigenvalue weighted by Crippen LogP contribution is 2.38. The van der Waals surface area contributed by atoms with Gasteiger partial charge in [0.2, 0.25) is 5.91 Å². The van der Waals surface area contributed by atoms with Crippen molar-refractivity contribution in [3.05, 3.63) is 0 Å². The van der Waals surface area contributed by atoms with Crippen LogP contribution in [0.3, 0.4) is 0 Å². The van der Waals surface area contributed by atoms with Crippen LogP contribution in [-0.4, -0.2) is 61.5 Å². The molecule has 2 N–H and O–H groups in total. The molecule has 23 heavy (non-hydrogen) atoms. The van der Waals surface area contributed by atoms with Crippen molar-refractivity contribution in [2.24, 2.45) is 10.4 Å². The minimum Gasteiger partial charge on any atom is -0.357 e. The number of hydrogen-bond acceptors (Lipinski definition) is 3. The molecule has 1 fully saturated rings. The molecule has 0 heterocycles. The Morgan fingerprint density at radius 1 is 1.26 bits per heavy atom. The molecule has 0 spiro atoms. The van der Waals surface area contributed by atoms with Crippen molar-refractivity contribution in [3.8, 4) is 0 Å². The Hall–Kier alpha value is -0.910. The first-order valence-electron chi connectivity index (χ1n) is 8.55. The van der Waals surface area contributed by atoms with Crippen LogP contribution in [0.5, 0.6) is 0 Å². The predicted octanol–water partition coefficient (Wildman–Crippen LogP) is 2.33. The van der Waals surface area contributed by atoms with Crippen LogP contribution in [0.1, 0.15) is 46.5 Å². The van der Waals surface area contributed by atoms with Crippen molar-refractivity contribution in [2.45, 2.75) is 51.2 Å². The molecule has 0 atom stereocenters. The van der Waals surface area contributed by atoms with Gasteiger partial charge in [-0.3, -0.25) is 9.79 Å². The molecule has 0 aliphatic heterocycles. The Morgan fingerprint density at radius 3 is 2.35 bits per heavy atom. The van der Waals surface area contributed by atoms with E-state index in [4.69, 9.17) is 4.99 Å². The number of amides is 1. The number of thioether (sulfide) groups is 1. The fourth-order valence-corrected chi connectivity index (χ4v) is 3.11. The van der Waals surface area contributed by atoms with Gasteiger partial charge in [-0.05, 0) is 39.9 Å². The molecule has 1 amide bonds. The fourth-order valence-electron chi connectivity index (χ4n) is 2.92. The molecule has 5 nitrogen and oxygen atoms in total. The van der Waals surface area contributed by atoms with Gasteiger partial charge >= 0.3 is 0 Å². The van der Waals surface area contributed by atoms with Crippen LogP contribution < -0.4 is 10.6 Å². The lowest BCUT2D eigenvalue weighted by Crippen LogP contribution is -2.49. The molecule has 1 aliphatic rings. The summed E-state index contributed by atoms with van der Waals surface area (Å²) < 4.78 is 0.118. The summed E-state index contributed by atoms with van der Waals surface area (Å²) in [6, 6.07) is 0. The van der Waals surface area contributed by atoms with Crippen LogP contribution in [0.25, 0.3) is 0 Å². The first-order chi connectivity index (χ1) is 10.8. The second-order valence-electron chi connectivity index (χ2n) is 7.20. The first kappa shape index (κ1) is 20.1. The van der Waals surface area contributed by atoms with Gasteiger partial charge in [0.15, 0.2) is 5.96 Å². The van der Waals surface area contributed by atoms with Crippen molar-refractivity contribution in [3.63, 3.8) is 0 Å². The van der Waals surface area contributed by atoms with Crippen molar-refractivity contribution >= 4 is 23.6 Å². The number of carbonyl (C=O) groups excluding carboxylic acids is 1. The van der Waals surface area contributed by atoms with Gasteiger partial charge in [-0.2, -0.15) is 11.8 Å². The summed E-state index contributed by atoms with van der Waals surface area (Å²) in [7, 11) is 3.70. The maximum atomic E-state index is 12.6. The third kappa shape index (κ3) is 5.90. The Balaban J connectivity index is 2.75. The van der Waals surface area contributed by atoms with Gasteiger partial charge in [0, 0.05) is 31.9 Å². The van der Waals surface area contributed by atoms with Crippen molar-refractivity contribution in [1.82, 2.24) is 15.5 Å². The summed E-state index contributed by atoms with van der Waals surface area (Å²) in [5.74, 6) is 1.05. The van der Waals surface area contributed by atoms with Crippen LogP contribution >= 0.6 is 11.8 Å². The zero-order valence-corrected chi connectivity index (χ0v) is 16.5. The van der Waals surface area contributed by atoms with Crippen LogP contribution in [0.15, 0.2) is 4.99 Å². The van der Waals surface area contributed by atoms with Crippen LogP contribution in [0.2, 0.25) is 0 Å². The van der Waals surface area contributed by atoms with E-state index >= 15 is 0 Å². The number of nitrogens with zero attached hydrogens (tertiary/aromatic N) is 2. The number of hydrogen-bond donors (Lipinski definition) is 2. The topological polar surface area (TPSA) is 56.7 Å². The molecule has 0 radical (unpaired) electrons. The van der Waals surface area contributed by atoms with Gasteiger partial charge in [-0.25, -0.2) is 0 Å². The van der Waals surface area contributed by atoms with E-state index in [1.54, 1.807) is 4.90 Å². The maximum absolute atomic E-state index is 12.6. The molecule has 1 saturated carbocycles. The van der Waals surface area contributed by atoms with E-state index in [2.05, 4.69) is 37.7 Å². The van der Waals surface area contributed by atoms with E-state index in [1.807, 2.05) is 25.9 Å². The van der Waals surface area contributed by atoms with E-state index < -0.39 is 0 Å². The normalized spacial score (nSPS) is 17.9. The molecule has 0 unspecified atom stereocenters. The van der Waals surface area contributed by atoms with Crippen molar-refractivity contribution in [1.29, 1.82) is 0 Å². The highest BCUT2D eigenvalue weighted by atomic mass is 32.2. The van der Waals surface area contributed by atoms with Crippen LogP contribution in [-0.2, 0) is 4.79 Å². The molecule has 1 rings (SSSR count). The highest BCUT2D eigenvalue weighted by Gasteiger charge is 2.42. The van der Waals surface area contributed by atoms with Crippen molar-refractivity contribution < 1.29 is 4.79 Å². The summed E-state index contributed by atoms with van der Waals surface area (Å²) >= 11 is 1.82. The van der Waals surface area contributed by atoms with Gasteiger partial charge in [0.1, 0.15) is 0 Å². The molecular weight excluding hydrogens is 308 g/mol. The molecule has 0 aromatic heterocycles. The van der Waals surface area contributed by atoms with Gasteiger partial charge in [-0.1, -0.05) is 12.8 Å². The Bertz CT molecular complexity index is 415. The van der Waals surface area contributed by atoms with Crippen LogP contribution in [0.4, 0.5) is 0 Å². The summed E-state index contributed by atoms with van der Waals surface area (Å²) in [5, 5.41) is 6.71. The summed E-state index contributed by atoms with van der Waals surface area (Å²) in [6.07, 6.45) is 6.31. The van der Waals surface area contributed by atoms with E-state index in [1.165, 1.54) is 0 Å². The standard InChI is InChI=1S/C17H34N4OS/c1-7-18-15(19-12-16(2,3)23-6)20-13-17(10-8-9-11-17)14(22)21(4)5/h7-13H2,1-6H3,(H2,18,19,20). The lowest BCUT2D eigenvalue weighted by atomic mass is 9.84. The zero-order valence-electron chi connectivity index (χ0n) is 15.7. The second-order valence-corrected chi connectivity index (χ2v) is 8.71. The van der Waals surface area contributed by atoms with Gasteiger partial charge < -0.3 is 15.5 Å². The average Bonchev–Trinajstić information content (AvgIpc) is 2.99. The largest absolute Gasteiger partial charge is 0.357 e. The Labute approximate surface area is 146 Å². The monoisotopic (exact) mass is 342 g/mol. The SMILES string of the molecule is CCNC(=NCC(C)(C)SC)NCC1(C(=O)N(C)C)CCCC1. The van der Waals surface area contributed by atoms with E-state index in [0.717, 1.165) is 44.7 Å². The third-order valence-electron chi connectivity index (χ3n) is 4.53. The summed E-state index contributed by atoms with van der Waals surface area (Å²) in [4.78, 5) is 19.1.